The number of nitrogens with zero attached hydrogens (tertiary/aromatic N) is 1. The third kappa shape index (κ3) is 8.74. The molecule has 0 aliphatic heterocycles. The van der Waals surface area contributed by atoms with Gasteiger partial charge in [-0.05, 0) is 49.6 Å². The Kier molecular flexibility index (Phi) is 11.6. The number of methoxy groups -OCH3 is 3. The van der Waals surface area contributed by atoms with Crippen LogP contribution in [0.15, 0.2) is 41.4 Å². The van der Waals surface area contributed by atoms with Crippen LogP contribution in [0.4, 0.5) is 0 Å². The molecule has 2 aromatic rings. The minimum atomic E-state index is -0.160. The highest BCUT2D eigenvalue weighted by atomic mass is 127. The molecule has 178 valence electrons. The van der Waals surface area contributed by atoms with Crippen molar-refractivity contribution in [3.63, 3.8) is 0 Å². The van der Waals surface area contributed by atoms with Gasteiger partial charge in [0.25, 0.3) is 0 Å². The van der Waals surface area contributed by atoms with Gasteiger partial charge >= 0.3 is 0 Å². The first-order valence-corrected chi connectivity index (χ1v) is 10.2. The summed E-state index contributed by atoms with van der Waals surface area (Å²) < 4.78 is 22.1. The van der Waals surface area contributed by atoms with Crippen LogP contribution in [0.2, 0.25) is 0 Å². The molecule has 0 saturated carbocycles. The van der Waals surface area contributed by atoms with Gasteiger partial charge in [-0.1, -0.05) is 24.3 Å². The summed E-state index contributed by atoms with van der Waals surface area (Å²) in [6.45, 7) is 7.96. The van der Waals surface area contributed by atoms with Crippen molar-refractivity contribution in [3.05, 3.63) is 53.1 Å². The normalized spacial score (nSPS) is 11.4. The average Bonchev–Trinajstić information content (AvgIpc) is 2.76. The van der Waals surface area contributed by atoms with Crippen molar-refractivity contribution in [1.82, 2.24) is 10.6 Å². The Labute approximate surface area is 208 Å². The molecule has 0 atom stereocenters. The fourth-order valence-corrected chi connectivity index (χ4v) is 2.96. The number of guanidine groups is 1. The second-order valence-corrected chi connectivity index (χ2v) is 8.03. The number of ether oxygens (including phenoxy) is 4. The highest BCUT2D eigenvalue weighted by Crippen LogP contribution is 2.38. The molecular formula is C24H36IN3O4. The van der Waals surface area contributed by atoms with Crippen molar-refractivity contribution in [2.24, 2.45) is 4.99 Å². The lowest BCUT2D eigenvalue weighted by atomic mass is 10.1. The number of rotatable bonds is 9. The van der Waals surface area contributed by atoms with E-state index in [4.69, 9.17) is 18.9 Å². The van der Waals surface area contributed by atoms with E-state index < -0.39 is 0 Å². The summed E-state index contributed by atoms with van der Waals surface area (Å²) in [6, 6.07) is 12.2. The second-order valence-electron chi connectivity index (χ2n) is 8.03. The Hall–Kier alpha value is -2.20. The standard InChI is InChI=1S/C24H35N3O4.HI/c1-24(2,3)31-16-18-10-8-9-17(11-18)14-26-23(25-4)27-15-19-12-20(28-5)22(30-7)21(13-19)29-6;/h8-13H,14-16H2,1-7H3,(H2,25,26,27);1H. The molecule has 0 bridgehead atoms. The largest absolute Gasteiger partial charge is 0.493 e. The van der Waals surface area contributed by atoms with Crippen LogP contribution >= 0.6 is 24.0 Å². The summed E-state index contributed by atoms with van der Waals surface area (Å²) in [6.07, 6.45) is 0. The van der Waals surface area contributed by atoms with Gasteiger partial charge in [-0.3, -0.25) is 4.99 Å². The number of benzene rings is 2. The molecule has 0 aliphatic rings. The number of aliphatic imine (C=N–C) groups is 1. The highest BCUT2D eigenvalue weighted by Gasteiger charge is 2.13. The molecule has 0 spiro atoms. The zero-order valence-corrected chi connectivity index (χ0v) is 22.4. The number of nitrogens with one attached hydrogen (secondary N) is 2. The third-order valence-electron chi connectivity index (χ3n) is 4.53. The minimum Gasteiger partial charge on any atom is -0.493 e. The van der Waals surface area contributed by atoms with Crippen molar-refractivity contribution < 1.29 is 18.9 Å². The van der Waals surface area contributed by atoms with Gasteiger partial charge in [0, 0.05) is 20.1 Å². The molecule has 0 saturated heterocycles. The van der Waals surface area contributed by atoms with Gasteiger partial charge < -0.3 is 29.6 Å². The van der Waals surface area contributed by atoms with E-state index in [1.807, 2.05) is 18.2 Å². The second kappa shape index (κ2) is 13.4. The van der Waals surface area contributed by atoms with E-state index >= 15 is 0 Å². The van der Waals surface area contributed by atoms with Gasteiger partial charge in [-0.2, -0.15) is 0 Å². The quantitative estimate of drug-likeness (QED) is 0.269. The van der Waals surface area contributed by atoms with E-state index in [9.17, 15) is 0 Å². The summed E-state index contributed by atoms with van der Waals surface area (Å²) in [5, 5.41) is 6.66. The molecule has 0 aromatic heterocycles. The Morgan fingerprint density at radius 3 is 1.91 bits per heavy atom. The van der Waals surface area contributed by atoms with Crippen molar-refractivity contribution in [1.29, 1.82) is 0 Å². The zero-order valence-electron chi connectivity index (χ0n) is 20.1. The van der Waals surface area contributed by atoms with Crippen LogP contribution in [0.1, 0.15) is 37.5 Å². The van der Waals surface area contributed by atoms with Gasteiger partial charge in [0.2, 0.25) is 5.75 Å². The maximum absolute atomic E-state index is 5.87. The summed E-state index contributed by atoms with van der Waals surface area (Å²) in [5.41, 5.74) is 3.13. The highest BCUT2D eigenvalue weighted by molar-refractivity contribution is 14.0. The van der Waals surface area contributed by atoms with Crippen molar-refractivity contribution >= 4 is 29.9 Å². The lowest BCUT2D eigenvalue weighted by Gasteiger charge is -2.20. The molecule has 0 unspecified atom stereocenters. The van der Waals surface area contributed by atoms with E-state index in [1.165, 1.54) is 0 Å². The molecular weight excluding hydrogens is 521 g/mol. The first kappa shape index (κ1) is 27.8. The smallest absolute Gasteiger partial charge is 0.203 e. The van der Waals surface area contributed by atoms with E-state index in [1.54, 1.807) is 28.4 Å². The van der Waals surface area contributed by atoms with Crippen LogP contribution < -0.4 is 24.8 Å². The van der Waals surface area contributed by atoms with Gasteiger partial charge in [-0.15, -0.1) is 24.0 Å². The summed E-state index contributed by atoms with van der Waals surface area (Å²) in [7, 11) is 6.55. The predicted octanol–water partition coefficient (Wildman–Crippen LogP) is 4.51. The van der Waals surface area contributed by atoms with Crippen molar-refractivity contribution in [2.75, 3.05) is 28.4 Å². The lowest BCUT2D eigenvalue weighted by molar-refractivity contribution is -0.0149. The van der Waals surface area contributed by atoms with E-state index in [0.717, 1.165) is 16.7 Å². The number of hydrogen-bond donors (Lipinski definition) is 2. The monoisotopic (exact) mass is 557 g/mol. The molecule has 0 radical (unpaired) electrons. The fraction of sp³-hybridized carbons (Fsp3) is 0.458. The molecule has 8 heteroatoms. The molecule has 0 amide bonds. The topological polar surface area (TPSA) is 73.3 Å². The maximum Gasteiger partial charge on any atom is 0.203 e. The first-order chi connectivity index (χ1) is 14.8. The zero-order chi connectivity index (χ0) is 22.9. The molecule has 2 aromatic carbocycles. The van der Waals surface area contributed by atoms with E-state index in [2.05, 4.69) is 54.6 Å². The average molecular weight is 557 g/mol. The van der Waals surface area contributed by atoms with Gasteiger partial charge in [-0.25, -0.2) is 0 Å². The Balaban J connectivity index is 0.00000512. The number of halogens is 1. The van der Waals surface area contributed by atoms with Gasteiger partial charge in [0.1, 0.15) is 0 Å². The Morgan fingerprint density at radius 2 is 1.41 bits per heavy atom. The van der Waals surface area contributed by atoms with Crippen LogP contribution in [0.3, 0.4) is 0 Å². The predicted molar refractivity (Wildman–Crippen MR) is 140 cm³/mol. The molecule has 2 rings (SSSR count). The lowest BCUT2D eigenvalue weighted by Crippen LogP contribution is -2.36. The van der Waals surface area contributed by atoms with Crippen LogP contribution in [-0.2, 0) is 24.4 Å². The molecule has 7 nitrogen and oxygen atoms in total. The summed E-state index contributed by atoms with van der Waals surface area (Å²) in [5.74, 6) is 2.52. The molecule has 32 heavy (non-hydrogen) atoms. The fourth-order valence-electron chi connectivity index (χ4n) is 2.96. The maximum atomic E-state index is 5.87. The SMILES string of the molecule is CN=C(NCc1cccc(COC(C)(C)C)c1)NCc1cc(OC)c(OC)c(OC)c1.I. The van der Waals surface area contributed by atoms with Crippen LogP contribution in [0.5, 0.6) is 17.2 Å². The minimum absolute atomic E-state index is 0. The van der Waals surface area contributed by atoms with Crippen molar-refractivity contribution in [2.45, 2.75) is 46.1 Å². The molecule has 0 fully saturated rings. The van der Waals surface area contributed by atoms with Crippen molar-refractivity contribution in [3.8, 4) is 17.2 Å². The summed E-state index contributed by atoms with van der Waals surface area (Å²) in [4.78, 5) is 4.31. The van der Waals surface area contributed by atoms with Crippen LogP contribution in [0, 0.1) is 0 Å². The van der Waals surface area contributed by atoms with Gasteiger partial charge in [0.15, 0.2) is 17.5 Å². The first-order valence-electron chi connectivity index (χ1n) is 10.2. The Morgan fingerprint density at radius 1 is 0.844 bits per heavy atom. The summed E-state index contributed by atoms with van der Waals surface area (Å²) >= 11 is 0. The third-order valence-corrected chi connectivity index (χ3v) is 4.53. The molecule has 0 heterocycles. The van der Waals surface area contributed by atoms with Gasteiger partial charge in [0.05, 0.1) is 33.5 Å². The number of hydrogen-bond acceptors (Lipinski definition) is 5. The van der Waals surface area contributed by atoms with E-state index in [0.29, 0.717) is 42.9 Å². The Bertz CT molecular complexity index is 857. The van der Waals surface area contributed by atoms with E-state index in [-0.39, 0.29) is 29.6 Å². The molecule has 0 aliphatic carbocycles. The molecule has 2 N–H and O–H groups in total. The van der Waals surface area contributed by atoms with Crippen LogP contribution in [-0.4, -0.2) is 39.9 Å². The van der Waals surface area contributed by atoms with Crippen LogP contribution in [0.25, 0.3) is 0 Å².